The van der Waals surface area contributed by atoms with Crippen LogP contribution in [0.25, 0.3) is 21.8 Å². The summed E-state index contributed by atoms with van der Waals surface area (Å²) in [6.07, 6.45) is 3.94. The zero-order valence-corrected chi connectivity index (χ0v) is 12.1. The minimum absolute atomic E-state index is 0.140. The van der Waals surface area contributed by atoms with Crippen LogP contribution < -0.4 is 5.32 Å². The van der Waals surface area contributed by atoms with Crippen LogP contribution in [0.15, 0.2) is 36.5 Å². The summed E-state index contributed by atoms with van der Waals surface area (Å²) in [6.45, 7) is 1.34. The topological polar surface area (TPSA) is 67.0 Å². The van der Waals surface area contributed by atoms with Crippen molar-refractivity contribution in [1.29, 1.82) is 0 Å². The monoisotopic (exact) mass is 295 g/mol. The fourth-order valence-corrected chi connectivity index (χ4v) is 2.98. The van der Waals surface area contributed by atoms with Gasteiger partial charge >= 0.3 is 0 Å². The van der Waals surface area contributed by atoms with Gasteiger partial charge in [0.1, 0.15) is 5.69 Å². The van der Waals surface area contributed by atoms with Crippen LogP contribution in [0.4, 0.5) is 0 Å². The van der Waals surface area contributed by atoms with Gasteiger partial charge in [-0.1, -0.05) is 18.2 Å². The Balaban J connectivity index is 1.60. The Hall–Kier alpha value is -2.40. The van der Waals surface area contributed by atoms with Gasteiger partial charge in [0.2, 0.25) is 0 Å². The molecular weight excluding hydrogens is 278 g/mol. The summed E-state index contributed by atoms with van der Waals surface area (Å²) in [7, 11) is 0. The van der Waals surface area contributed by atoms with E-state index in [2.05, 4.69) is 15.3 Å². The molecule has 22 heavy (non-hydrogen) atoms. The first-order chi connectivity index (χ1) is 10.8. The number of para-hydroxylation sites is 1. The maximum absolute atomic E-state index is 12.3. The Morgan fingerprint density at radius 1 is 1.32 bits per heavy atom. The number of benzene rings is 1. The molecule has 0 radical (unpaired) electrons. The first-order valence-electron chi connectivity index (χ1n) is 7.57. The first-order valence-corrected chi connectivity index (χ1v) is 7.57. The number of nitrogens with zero attached hydrogens (tertiary/aromatic N) is 1. The molecule has 2 N–H and O–H groups in total. The average Bonchev–Trinajstić information content (AvgIpc) is 3.19. The third-order valence-electron chi connectivity index (χ3n) is 4.14. The highest BCUT2D eigenvalue weighted by Crippen LogP contribution is 2.24. The second-order valence-electron chi connectivity index (χ2n) is 5.63. The molecule has 1 amide bonds. The highest BCUT2D eigenvalue weighted by molar-refractivity contribution is 6.09. The number of nitrogens with one attached hydrogen (secondary N) is 2. The standard InChI is InChI=1S/C17H17N3O2/c21-17(19-9-11-4-3-7-22-11)15-8-13-12-5-1-2-6-14(12)20-16(13)10-18-15/h1-2,5-6,8,10-11,20H,3-4,7,9H2,(H,19,21)/t11-/m1/s1. The SMILES string of the molecule is O=C(NC[C@H]1CCCO1)c1cc2c(cn1)[nH]c1ccccc12. The fraction of sp³-hybridized carbons (Fsp3) is 0.294. The number of aromatic nitrogens is 2. The van der Waals surface area contributed by atoms with E-state index >= 15 is 0 Å². The molecule has 2 aromatic heterocycles. The van der Waals surface area contributed by atoms with Crippen molar-refractivity contribution in [2.24, 2.45) is 0 Å². The lowest BCUT2D eigenvalue weighted by atomic mass is 10.1. The molecule has 5 heteroatoms. The predicted molar refractivity (Wildman–Crippen MR) is 84.9 cm³/mol. The van der Waals surface area contributed by atoms with Gasteiger partial charge in [-0.2, -0.15) is 0 Å². The molecule has 112 valence electrons. The minimum Gasteiger partial charge on any atom is -0.376 e. The van der Waals surface area contributed by atoms with Gasteiger partial charge in [-0.25, -0.2) is 4.98 Å². The first kappa shape index (κ1) is 13.3. The molecule has 0 aliphatic carbocycles. The van der Waals surface area contributed by atoms with E-state index in [4.69, 9.17) is 4.74 Å². The van der Waals surface area contributed by atoms with E-state index in [-0.39, 0.29) is 12.0 Å². The zero-order valence-electron chi connectivity index (χ0n) is 12.1. The summed E-state index contributed by atoms with van der Waals surface area (Å²) in [6, 6.07) is 9.89. The molecule has 1 atom stereocenters. The number of rotatable bonds is 3. The molecule has 1 aliphatic heterocycles. The van der Waals surface area contributed by atoms with E-state index in [1.165, 1.54) is 0 Å². The molecule has 1 aliphatic rings. The molecule has 5 nitrogen and oxygen atoms in total. The molecule has 1 fully saturated rings. The van der Waals surface area contributed by atoms with E-state index in [1.807, 2.05) is 30.3 Å². The van der Waals surface area contributed by atoms with Crippen molar-refractivity contribution < 1.29 is 9.53 Å². The Morgan fingerprint density at radius 2 is 2.23 bits per heavy atom. The number of ether oxygens (including phenoxy) is 1. The normalized spacial score (nSPS) is 18.1. The lowest BCUT2D eigenvalue weighted by Crippen LogP contribution is -2.32. The number of fused-ring (bicyclic) bond motifs is 3. The van der Waals surface area contributed by atoms with Crippen LogP contribution in [0, 0.1) is 0 Å². The molecule has 0 saturated carbocycles. The van der Waals surface area contributed by atoms with Crippen molar-refractivity contribution in [3.63, 3.8) is 0 Å². The number of amides is 1. The molecule has 1 aromatic carbocycles. The Bertz CT molecular complexity index is 834. The van der Waals surface area contributed by atoms with Crippen LogP contribution in [-0.4, -0.2) is 35.1 Å². The summed E-state index contributed by atoms with van der Waals surface area (Å²) in [5.74, 6) is -0.150. The van der Waals surface area contributed by atoms with Gasteiger partial charge in [0.25, 0.3) is 5.91 Å². The van der Waals surface area contributed by atoms with E-state index in [0.717, 1.165) is 41.3 Å². The maximum atomic E-state index is 12.3. The highest BCUT2D eigenvalue weighted by Gasteiger charge is 2.17. The number of pyridine rings is 1. The van der Waals surface area contributed by atoms with Crippen LogP contribution in [0.5, 0.6) is 0 Å². The van der Waals surface area contributed by atoms with Gasteiger partial charge in [-0.05, 0) is 25.0 Å². The van der Waals surface area contributed by atoms with E-state index < -0.39 is 0 Å². The molecule has 3 heterocycles. The number of hydrogen-bond acceptors (Lipinski definition) is 3. The lowest BCUT2D eigenvalue weighted by molar-refractivity contribution is 0.0854. The van der Waals surface area contributed by atoms with Gasteiger partial charge in [0, 0.05) is 29.4 Å². The largest absolute Gasteiger partial charge is 0.376 e. The lowest BCUT2D eigenvalue weighted by Gasteiger charge is -2.10. The van der Waals surface area contributed by atoms with Crippen LogP contribution in [0.3, 0.4) is 0 Å². The number of carbonyl (C=O) groups excluding carboxylic acids is 1. The van der Waals surface area contributed by atoms with Crippen LogP contribution in [-0.2, 0) is 4.74 Å². The molecule has 1 saturated heterocycles. The van der Waals surface area contributed by atoms with Crippen molar-refractivity contribution in [2.75, 3.05) is 13.2 Å². The molecule has 0 spiro atoms. The summed E-state index contributed by atoms with van der Waals surface area (Å²) in [5, 5.41) is 5.04. The van der Waals surface area contributed by atoms with Gasteiger partial charge in [-0.3, -0.25) is 4.79 Å². The summed E-state index contributed by atoms with van der Waals surface area (Å²) >= 11 is 0. The van der Waals surface area contributed by atoms with E-state index in [9.17, 15) is 4.79 Å². The van der Waals surface area contributed by atoms with Crippen molar-refractivity contribution in [3.05, 3.63) is 42.2 Å². The Kier molecular flexibility index (Phi) is 3.27. The van der Waals surface area contributed by atoms with Gasteiger partial charge < -0.3 is 15.0 Å². The summed E-state index contributed by atoms with van der Waals surface area (Å²) < 4.78 is 5.51. The van der Waals surface area contributed by atoms with Gasteiger partial charge in [0.05, 0.1) is 17.8 Å². The summed E-state index contributed by atoms with van der Waals surface area (Å²) in [4.78, 5) is 19.8. The molecule has 4 rings (SSSR count). The zero-order chi connectivity index (χ0) is 14.9. The van der Waals surface area contributed by atoms with Crippen molar-refractivity contribution in [1.82, 2.24) is 15.3 Å². The number of H-pyrrole nitrogens is 1. The molecule has 0 unspecified atom stereocenters. The van der Waals surface area contributed by atoms with Gasteiger partial charge in [0.15, 0.2) is 0 Å². The van der Waals surface area contributed by atoms with Crippen LogP contribution in [0.1, 0.15) is 23.3 Å². The highest BCUT2D eigenvalue weighted by atomic mass is 16.5. The molecular formula is C17H17N3O2. The molecule has 0 bridgehead atoms. The number of hydrogen-bond donors (Lipinski definition) is 2. The van der Waals surface area contributed by atoms with E-state index in [1.54, 1.807) is 6.20 Å². The quantitative estimate of drug-likeness (QED) is 0.780. The fourth-order valence-electron chi connectivity index (χ4n) is 2.98. The minimum atomic E-state index is -0.150. The number of aromatic amines is 1. The van der Waals surface area contributed by atoms with Crippen molar-refractivity contribution in [2.45, 2.75) is 18.9 Å². The van der Waals surface area contributed by atoms with Crippen LogP contribution >= 0.6 is 0 Å². The smallest absolute Gasteiger partial charge is 0.269 e. The van der Waals surface area contributed by atoms with Crippen molar-refractivity contribution >= 4 is 27.7 Å². The second-order valence-corrected chi connectivity index (χ2v) is 5.63. The second kappa shape index (κ2) is 5.42. The van der Waals surface area contributed by atoms with E-state index in [0.29, 0.717) is 12.2 Å². The number of carbonyl (C=O) groups is 1. The summed E-state index contributed by atoms with van der Waals surface area (Å²) in [5.41, 5.74) is 2.43. The Labute approximate surface area is 127 Å². The Morgan fingerprint density at radius 3 is 3.09 bits per heavy atom. The van der Waals surface area contributed by atoms with Crippen molar-refractivity contribution in [3.8, 4) is 0 Å². The third kappa shape index (κ3) is 2.33. The van der Waals surface area contributed by atoms with Crippen LogP contribution in [0.2, 0.25) is 0 Å². The average molecular weight is 295 g/mol. The third-order valence-corrected chi connectivity index (χ3v) is 4.14. The maximum Gasteiger partial charge on any atom is 0.269 e. The predicted octanol–water partition coefficient (Wildman–Crippen LogP) is 2.62. The molecule has 3 aromatic rings. The van der Waals surface area contributed by atoms with Gasteiger partial charge in [-0.15, -0.1) is 0 Å².